The Morgan fingerprint density at radius 2 is 1.96 bits per heavy atom. The van der Waals surface area contributed by atoms with Gasteiger partial charge in [0.05, 0.1) is 12.2 Å². The molecule has 0 amide bonds. The van der Waals surface area contributed by atoms with Gasteiger partial charge in [-0.25, -0.2) is 4.79 Å². The normalized spacial score (nSPS) is 10.2. The number of benzene rings is 1. The zero-order valence-corrected chi connectivity index (χ0v) is 15.1. The molecular formula is C17H20N2O2S2. The van der Waals surface area contributed by atoms with E-state index in [0.717, 1.165) is 21.0 Å². The van der Waals surface area contributed by atoms with Crippen LogP contribution in [0.4, 0.5) is 5.00 Å². The van der Waals surface area contributed by atoms with Crippen LogP contribution in [0, 0.1) is 13.8 Å². The number of ether oxygens (including phenoxy) is 1. The molecule has 1 aromatic carbocycles. The SMILES string of the molecule is CCOC(=O)c1c(NC(=S)NCc2ccccc2)sc(C)c1C. The highest BCUT2D eigenvalue weighted by Crippen LogP contribution is 2.32. The van der Waals surface area contributed by atoms with Crippen molar-refractivity contribution < 1.29 is 9.53 Å². The Bertz CT molecular complexity index is 696. The number of thiocarbonyl (C=S) groups is 1. The number of esters is 1. The van der Waals surface area contributed by atoms with Crippen LogP contribution in [-0.4, -0.2) is 17.7 Å². The van der Waals surface area contributed by atoms with Gasteiger partial charge in [0.2, 0.25) is 0 Å². The Kier molecular flexibility index (Phi) is 6.12. The van der Waals surface area contributed by atoms with Crippen molar-refractivity contribution in [2.75, 3.05) is 11.9 Å². The van der Waals surface area contributed by atoms with Gasteiger partial charge in [-0.15, -0.1) is 11.3 Å². The third-order valence-electron chi connectivity index (χ3n) is 3.39. The molecule has 1 aromatic heterocycles. The first-order chi connectivity index (χ1) is 11.0. The van der Waals surface area contributed by atoms with Crippen LogP contribution in [0.15, 0.2) is 30.3 Å². The Morgan fingerprint density at radius 1 is 1.26 bits per heavy atom. The molecule has 0 radical (unpaired) electrons. The van der Waals surface area contributed by atoms with Gasteiger partial charge in [-0.3, -0.25) is 0 Å². The van der Waals surface area contributed by atoms with Gasteiger partial charge < -0.3 is 15.4 Å². The number of carbonyl (C=O) groups excluding carboxylic acids is 1. The highest BCUT2D eigenvalue weighted by Gasteiger charge is 2.21. The predicted molar refractivity (Wildman–Crippen MR) is 99.3 cm³/mol. The van der Waals surface area contributed by atoms with Crippen LogP contribution >= 0.6 is 23.6 Å². The summed E-state index contributed by atoms with van der Waals surface area (Å²) < 4.78 is 5.14. The maximum absolute atomic E-state index is 12.1. The number of thiophene rings is 1. The fourth-order valence-electron chi connectivity index (χ4n) is 2.09. The minimum absolute atomic E-state index is 0.317. The van der Waals surface area contributed by atoms with E-state index in [2.05, 4.69) is 10.6 Å². The number of anilines is 1. The molecule has 4 nitrogen and oxygen atoms in total. The van der Waals surface area contributed by atoms with E-state index in [9.17, 15) is 4.79 Å². The van der Waals surface area contributed by atoms with Gasteiger partial charge in [0.1, 0.15) is 5.00 Å². The van der Waals surface area contributed by atoms with Gasteiger partial charge >= 0.3 is 5.97 Å². The summed E-state index contributed by atoms with van der Waals surface area (Å²) in [5.41, 5.74) is 2.64. The molecule has 0 fully saturated rings. The maximum Gasteiger partial charge on any atom is 0.341 e. The number of carbonyl (C=O) groups is 1. The Morgan fingerprint density at radius 3 is 2.61 bits per heavy atom. The molecule has 6 heteroatoms. The molecule has 2 aromatic rings. The summed E-state index contributed by atoms with van der Waals surface area (Å²) in [5, 5.41) is 7.48. The van der Waals surface area contributed by atoms with E-state index in [1.54, 1.807) is 6.92 Å². The molecule has 0 saturated heterocycles. The number of rotatable bonds is 5. The second-order valence-electron chi connectivity index (χ2n) is 5.00. The highest BCUT2D eigenvalue weighted by molar-refractivity contribution is 7.80. The minimum Gasteiger partial charge on any atom is -0.462 e. The lowest BCUT2D eigenvalue weighted by Crippen LogP contribution is -2.28. The van der Waals surface area contributed by atoms with E-state index >= 15 is 0 Å². The molecule has 0 aliphatic carbocycles. The van der Waals surface area contributed by atoms with Crippen molar-refractivity contribution in [3.8, 4) is 0 Å². The van der Waals surface area contributed by atoms with E-state index < -0.39 is 0 Å². The molecule has 0 saturated carbocycles. The van der Waals surface area contributed by atoms with Crippen molar-refractivity contribution in [3.63, 3.8) is 0 Å². The lowest BCUT2D eigenvalue weighted by molar-refractivity contribution is 0.0527. The molecule has 2 rings (SSSR count). The first-order valence-corrected chi connectivity index (χ1v) is 8.61. The molecule has 0 aliphatic heterocycles. The van der Waals surface area contributed by atoms with Crippen LogP contribution < -0.4 is 10.6 Å². The largest absolute Gasteiger partial charge is 0.462 e. The molecule has 0 bridgehead atoms. The van der Waals surface area contributed by atoms with Crippen molar-refractivity contribution >= 4 is 39.6 Å². The predicted octanol–water partition coefficient (Wildman–Crippen LogP) is 4.03. The van der Waals surface area contributed by atoms with Crippen LogP contribution in [0.25, 0.3) is 0 Å². The fraction of sp³-hybridized carbons (Fsp3) is 0.294. The van der Waals surface area contributed by atoms with Crippen LogP contribution in [0.5, 0.6) is 0 Å². The summed E-state index contributed by atoms with van der Waals surface area (Å²) in [5.74, 6) is -0.317. The molecule has 0 spiro atoms. The van der Waals surface area contributed by atoms with Crippen LogP contribution in [0.3, 0.4) is 0 Å². The minimum atomic E-state index is -0.317. The smallest absolute Gasteiger partial charge is 0.341 e. The maximum atomic E-state index is 12.1. The Balaban J connectivity index is 2.06. The van der Waals surface area contributed by atoms with Gasteiger partial charge in [-0.2, -0.15) is 0 Å². The summed E-state index contributed by atoms with van der Waals surface area (Å²) in [6, 6.07) is 10.00. The fourth-order valence-corrected chi connectivity index (χ4v) is 3.38. The molecule has 23 heavy (non-hydrogen) atoms. The summed E-state index contributed by atoms with van der Waals surface area (Å²) in [4.78, 5) is 13.2. The number of aryl methyl sites for hydroxylation is 1. The van der Waals surface area contributed by atoms with Crippen molar-refractivity contribution in [1.29, 1.82) is 0 Å². The molecule has 0 aliphatic rings. The number of nitrogens with one attached hydrogen (secondary N) is 2. The number of hydrogen-bond donors (Lipinski definition) is 2. The summed E-state index contributed by atoms with van der Waals surface area (Å²) in [6.45, 7) is 6.68. The van der Waals surface area contributed by atoms with E-state index in [1.165, 1.54) is 11.3 Å². The van der Waals surface area contributed by atoms with Gasteiger partial charge in [0, 0.05) is 11.4 Å². The van der Waals surface area contributed by atoms with Crippen molar-refractivity contribution in [1.82, 2.24) is 5.32 Å². The third-order valence-corrected chi connectivity index (χ3v) is 4.76. The van der Waals surface area contributed by atoms with E-state index in [1.807, 2.05) is 44.2 Å². The average Bonchev–Trinajstić information content (AvgIpc) is 2.81. The van der Waals surface area contributed by atoms with Gasteiger partial charge in [0.15, 0.2) is 5.11 Å². The second kappa shape index (κ2) is 8.08. The van der Waals surface area contributed by atoms with Gasteiger partial charge in [-0.05, 0) is 44.1 Å². The highest BCUT2D eigenvalue weighted by atomic mass is 32.1. The van der Waals surface area contributed by atoms with E-state index in [-0.39, 0.29) is 5.97 Å². The first kappa shape index (κ1) is 17.4. The Labute approximate surface area is 145 Å². The summed E-state index contributed by atoms with van der Waals surface area (Å²) in [6.07, 6.45) is 0. The molecule has 2 N–H and O–H groups in total. The molecule has 0 unspecified atom stereocenters. The van der Waals surface area contributed by atoms with Crippen molar-refractivity contribution in [2.45, 2.75) is 27.3 Å². The van der Waals surface area contributed by atoms with Crippen molar-refractivity contribution in [2.24, 2.45) is 0 Å². The topological polar surface area (TPSA) is 50.4 Å². The van der Waals surface area contributed by atoms with Gasteiger partial charge in [0.25, 0.3) is 0 Å². The Hall–Kier alpha value is -1.92. The molecule has 122 valence electrons. The second-order valence-corrected chi connectivity index (χ2v) is 6.63. The van der Waals surface area contributed by atoms with E-state index in [4.69, 9.17) is 17.0 Å². The monoisotopic (exact) mass is 348 g/mol. The summed E-state index contributed by atoms with van der Waals surface area (Å²) >= 11 is 6.84. The lowest BCUT2D eigenvalue weighted by atomic mass is 10.1. The van der Waals surface area contributed by atoms with E-state index in [0.29, 0.717) is 23.8 Å². The van der Waals surface area contributed by atoms with Crippen LogP contribution in [0.1, 0.15) is 33.3 Å². The summed E-state index contributed by atoms with van der Waals surface area (Å²) in [7, 11) is 0. The quantitative estimate of drug-likeness (QED) is 0.631. The zero-order chi connectivity index (χ0) is 16.8. The third kappa shape index (κ3) is 4.53. The zero-order valence-electron chi connectivity index (χ0n) is 13.4. The van der Waals surface area contributed by atoms with Gasteiger partial charge in [-0.1, -0.05) is 30.3 Å². The van der Waals surface area contributed by atoms with Crippen molar-refractivity contribution in [3.05, 3.63) is 51.9 Å². The molecular weight excluding hydrogens is 328 g/mol. The van der Waals surface area contributed by atoms with Crippen LogP contribution in [0.2, 0.25) is 0 Å². The average molecular weight is 348 g/mol. The lowest BCUT2D eigenvalue weighted by Gasteiger charge is -2.11. The molecule has 1 heterocycles. The number of hydrogen-bond acceptors (Lipinski definition) is 4. The standard InChI is InChI=1S/C17H20N2O2S2/c1-4-21-16(20)14-11(2)12(3)23-15(14)19-17(22)18-10-13-8-6-5-7-9-13/h5-9H,4,10H2,1-3H3,(H2,18,19,22). The first-order valence-electron chi connectivity index (χ1n) is 7.38. The van der Waals surface area contributed by atoms with Crippen LogP contribution in [-0.2, 0) is 11.3 Å². The molecule has 0 atom stereocenters.